The zero-order valence-electron chi connectivity index (χ0n) is 15.2. The number of aromatic nitrogens is 2. The monoisotopic (exact) mass is 449 g/mol. The van der Waals surface area contributed by atoms with Crippen molar-refractivity contribution in [2.24, 2.45) is 10.4 Å². The molecule has 138 valence electrons. The molecule has 1 saturated carbocycles. The summed E-state index contributed by atoms with van der Waals surface area (Å²) in [4.78, 5) is 4.33. The summed E-state index contributed by atoms with van der Waals surface area (Å²) in [5, 5.41) is 11.2. The van der Waals surface area contributed by atoms with Gasteiger partial charge in [0.2, 0.25) is 0 Å². The molecule has 0 atom stereocenters. The topological polar surface area (TPSA) is 63.5 Å². The van der Waals surface area contributed by atoms with E-state index in [1.54, 1.807) is 7.11 Å². The van der Waals surface area contributed by atoms with Gasteiger partial charge in [0.15, 0.2) is 5.96 Å². The molecular formula is C17H32IN5O. The number of guanidine groups is 1. The zero-order valence-corrected chi connectivity index (χ0v) is 17.5. The second-order valence-electron chi connectivity index (χ2n) is 6.58. The Labute approximate surface area is 162 Å². The molecule has 0 aromatic carbocycles. The van der Waals surface area contributed by atoms with Crippen LogP contribution in [0.1, 0.15) is 37.7 Å². The number of aryl methyl sites for hydroxylation is 1. The van der Waals surface area contributed by atoms with E-state index in [1.165, 1.54) is 31.2 Å². The van der Waals surface area contributed by atoms with Gasteiger partial charge in [0.1, 0.15) is 0 Å². The quantitative estimate of drug-likeness (QED) is 0.364. The van der Waals surface area contributed by atoms with Crippen molar-refractivity contribution in [2.75, 3.05) is 33.9 Å². The minimum absolute atomic E-state index is 0. The third-order valence-corrected chi connectivity index (χ3v) is 4.75. The Morgan fingerprint density at radius 1 is 1.38 bits per heavy atom. The number of nitrogens with one attached hydrogen (secondary N) is 2. The molecule has 1 aromatic heterocycles. The highest BCUT2D eigenvalue weighted by atomic mass is 127. The summed E-state index contributed by atoms with van der Waals surface area (Å²) in [5.41, 5.74) is 1.56. The Balaban J connectivity index is 0.00000288. The standard InChI is InChI=1S/C17H31N5O.HI/c1-15-12-21-22(13-15)10-9-19-16(18-2)20-14-17(8-11-23-3)6-4-5-7-17;/h12-13H,4-11,14H2,1-3H3,(H2,18,19,20);1H. The molecule has 2 N–H and O–H groups in total. The van der Waals surface area contributed by atoms with Crippen LogP contribution in [0.15, 0.2) is 17.4 Å². The summed E-state index contributed by atoms with van der Waals surface area (Å²) in [7, 11) is 3.61. The van der Waals surface area contributed by atoms with E-state index < -0.39 is 0 Å². The third kappa shape index (κ3) is 6.58. The number of rotatable bonds is 8. The van der Waals surface area contributed by atoms with E-state index in [4.69, 9.17) is 4.74 Å². The highest BCUT2D eigenvalue weighted by Crippen LogP contribution is 2.40. The normalized spacial score (nSPS) is 16.7. The van der Waals surface area contributed by atoms with Gasteiger partial charge in [-0.05, 0) is 37.2 Å². The van der Waals surface area contributed by atoms with Crippen molar-refractivity contribution in [3.63, 3.8) is 0 Å². The van der Waals surface area contributed by atoms with Gasteiger partial charge in [-0.15, -0.1) is 24.0 Å². The lowest BCUT2D eigenvalue weighted by Crippen LogP contribution is -2.44. The van der Waals surface area contributed by atoms with Crippen LogP contribution in [0.5, 0.6) is 0 Å². The first-order chi connectivity index (χ1) is 11.2. The number of aliphatic imine (C=N–C) groups is 1. The molecule has 0 amide bonds. The van der Waals surface area contributed by atoms with E-state index in [9.17, 15) is 0 Å². The summed E-state index contributed by atoms with van der Waals surface area (Å²) in [5.74, 6) is 0.873. The highest BCUT2D eigenvalue weighted by molar-refractivity contribution is 14.0. The second-order valence-corrected chi connectivity index (χ2v) is 6.58. The SMILES string of the molecule is CN=C(NCCn1cc(C)cn1)NCC1(CCOC)CCCC1.I. The van der Waals surface area contributed by atoms with Crippen molar-refractivity contribution in [3.8, 4) is 0 Å². The first-order valence-electron chi connectivity index (χ1n) is 8.60. The van der Waals surface area contributed by atoms with Crippen LogP contribution in [0.4, 0.5) is 0 Å². The van der Waals surface area contributed by atoms with E-state index in [2.05, 4.69) is 33.8 Å². The average Bonchev–Trinajstić information content (AvgIpc) is 3.18. The van der Waals surface area contributed by atoms with Crippen LogP contribution in [0.25, 0.3) is 0 Å². The molecule has 1 aromatic rings. The first kappa shape index (κ1) is 21.2. The van der Waals surface area contributed by atoms with Crippen LogP contribution in [0.3, 0.4) is 0 Å². The van der Waals surface area contributed by atoms with Gasteiger partial charge in [0, 0.05) is 40.1 Å². The molecule has 0 unspecified atom stereocenters. The van der Waals surface area contributed by atoms with E-state index in [1.807, 2.05) is 17.9 Å². The van der Waals surface area contributed by atoms with Gasteiger partial charge in [-0.1, -0.05) is 12.8 Å². The maximum Gasteiger partial charge on any atom is 0.191 e. The van der Waals surface area contributed by atoms with Gasteiger partial charge in [-0.25, -0.2) is 0 Å². The summed E-state index contributed by atoms with van der Waals surface area (Å²) >= 11 is 0. The van der Waals surface area contributed by atoms with Gasteiger partial charge in [0.25, 0.3) is 0 Å². The molecule has 1 aliphatic rings. The van der Waals surface area contributed by atoms with Crippen LogP contribution in [0.2, 0.25) is 0 Å². The smallest absolute Gasteiger partial charge is 0.191 e. The fourth-order valence-electron chi connectivity index (χ4n) is 3.33. The molecule has 1 aliphatic carbocycles. The number of hydrogen-bond acceptors (Lipinski definition) is 3. The maximum absolute atomic E-state index is 5.29. The first-order valence-corrected chi connectivity index (χ1v) is 8.60. The van der Waals surface area contributed by atoms with Crippen LogP contribution in [0, 0.1) is 12.3 Å². The molecule has 6 nitrogen and oxygen atoms in total. The summed E-state index contributed by atoms with van der Waals surface area (Å²) in [6.45, 7) is 5.51. The number of ether oxygens (including phenoxy) is 1. The van der Waals surface area contributed by atoms with E-state index in [0.29, 0.717) is 5.41 Å². The van der Waals surface area contributed by atoms with Crippen molar-refractivity contribution in [1.82, 2.24) is 20.4 Å². The van der Waals surface area contributed by atoms with Crippen molar-refractivity contribution in [1.29, 1.82) is 0 Å². The lowest BCUT2D eigenvalue weighted by Gasteiger charge is -2.29. The van der Waals surface area contributed by atoms with Crippen molar-refractivity contribution in [3.05, 3.63) is 18.0 Å². The Hall–Kier alpha value is -0.830. The Morgan fingerprint density at radius 3 is 2.71 bits per heavy atom. The van der Waals surface area contributed by atoms with E-state index in [0.717, 1.165) is 38.6 Å². The predicted octanol–water partition coefficient (Wildman–Crippen LogP) is 2.57. The molecule has 0 spiro atoms. The molecule has 7 heteroatoms. The van der Waals surface area contributed by atoms with Crippen molar-refractivity contribution in [2.45, 2.75) is 45.6 Å². The van der Waals surface area contributed by atoms with Gasteiger partial charge in [-0.3, -0.25) is 9.67 Å². The third-order valence-electron chi connectivity index (χ3n) is 4.75. The maximum atomic E-state index is 5.29. The number of hydrogen-bond donors (Lipinski definition) is 2. The van der Waals surface area contributed by atoms with Crippen LogP contribution in [-0.2, 0) is 11.3 Å². The lowest BCUT2D eigenvalue weighted by molar-refractivity contribution is 0.138. The molecule has 24 heavy (non-hydrogen) atoms. The van der Waals surface area contributed by atoms with Gasteiger partial charge < -0.3 is 15.4 Å². The zero-order chi connectivity index (χ0) is 16.5. The van der Waals surface area contributed by atoms with Crippen molar-refractivity contribution < 1.29 is 4.74 Å². The Bertz CT molecular complexity index is 497. The molecule has 2 rings (SSSR count). The average molecular weight is 449 g/mol. The Kier molecular flexibility index (Phi) is 9.65. The fourth-order valence-corrected chi connectivity index (χ4v) is 3.33. The summed E-state index contributed by atoms with van der Waals surface area (Å²) in [6.07, 6.45) is 10.3. The molecule has 0 saturated heterocycles. The number of methoxy groups -OCH3 is 1. The van der Waals surface area contributed by atoms with Gasteiger partial charge in [-0.2, -0.15) is 5.10 Å². The number of nitrogens with zero attached hydrogens (tertiary/aromatic N) is 3. The molecule has 1 heterocycles. The van der Waals surface area contributed by atoms with Gasteiger partial charge in [0.05, 0.1) is 12.7 Å². The predicted molar refractivity (Wildman–Crippen MR) is 109 cm³/mol. The van der Waals surface area contributed by atoms with Crippen LogP contribution >= 0.6 is 24.0 Å². The molecular weight excluding hydrogens is 417 g/mol. The number of halogens is 1. The lowest BCUT2D eigenvalue weighted by atomic mass is 9.83. The van der Waals surface area contributed by atoms with Gasteiger partial charge >= 0.3 is 0 Å². The van der Waals surface area contributed by atoms with Crippen molar-refractivity contribution >= 4 is 29.9 Å². The highest BCUT2D eigenvalue weighted by Gasteiger charge is 2.33. The molecule has 1 fully saturated rings. The largest absolute Gasteiger partial charge is 0.385 e. The second kappa shape index (κ2) is 10.9. The fraction of sp³-hybridized carbons (Fsp3) is 0.765. The van der Waals surface area contributed by atoms with Crippen LogP contribution < -0.4 is 10.6 Å². The summed E-state index contributed by atoms with van der Waals surface area (Å²) in [6, 6.07) is 0. The Morgan fingerprint density at radius 2 is 2.12 bits per heavy atom. The van der Waals surface area contributed by atoms with E-state index >= 15 is 0 Å². The summed E-state index contributed by atoms with van der Waals surface area (Å²) < 4.78 is 7.25. The van der Waals surface area contributed by atoms with Crippen LogP contribution in [-0.4, -0.2) is 49.6 Å². The molecule has 0 bridgehead atoms. The minimum atomic E-state index is 0. The molecule has 0 radical (unpaired) electrons. The molecule has 0 aliphatic heterocycles. The minimum Gasteiger partial charge on any atom is -0.385 e. The van der Waals surface area contributed by atoms with E-state index in [-0.39, 0.29) is 24.0 Å².